The Morgan fingerprint density at radius 3 is 1.26 bits per heavy atom. The van der Waals surface area contributed by atoms with Crippen LogP contribution in [0.15, 0.2) is 9.98 Å². The van der Waals surface area contributed by atoms with Gasteiger partial charge in [0.2, 0.25) is 0 Å². The Hall–Kier alpha value is -0.770. The molecule has 0 bridgehead atoms. The maximum absolute atomic E-state index is 6.10. The number of rotatable bonds is 11. The van der Waals surface area contributed by atoms with E-state index in [-0.39, 0.29) is 12.4 Å². The van der Waals surface area contributed by atoms with Gasteiger partial charge < -0.3 is 11.5 Å². The van der Waals surface area contributed by atoms with Crippen molar-refractivity contribution in [2.45, 2.75) is 128 Å². The third-order valence-corrected chi connectivity index (χ3v) is 5.96. The van der Waals surface area contributed by atoms with Gasteiger partial charge in [0.15, 0.2) is 0 Å². The molecule has 0 unspecified atom stereocenters. The van der Waals surface area contributed by atoms with Crippen molar-refractivity contribution in [2.75, 3.05) is 0 Å². The fraction of sp³-hybridized carbons (Fsp3) is 0.909. The normalized spacial score (nSPS) is 20.4. The van der Waals surface area contributed by atoms with Crippen LogP contribution in [0, 0.1) is 0 Å². The fourth-order valence-electron chi connectivity index (χ4n) is 4.34. The molecule has 4 nitrogen and oxygen atoms in total. The highest BCUT2D eigenvalue weighted by Crippen LogP contribution is 2.21. The van der Waals surface area contributed by atoms with E-state index in [1.165, 1.54) is 103 Å². The monoisotopic (exact) mass is 398 g/mol. The highest BCUT2D eigenvalue weighted by Gasteiger charge is 2.13. The van der Waals surface area contributed by atoms with Crippen LogP contribution in [0.1, 0.15) is 116 Å². The van der Waals surface area contributed by atoms with Crippen molar-refractivity contribution in [1.82, 2.24) is 0 Å². The number of halogens is 1. The third-order valence-electron chi connectivity index (χ3n) is 5.96. The van der Waals surface area contributed by atoms with E-state index in [0.717, 1.165) is 24.5 Å². The van der Waals surface area contributed by atoms with Crippen LogP contribution in [0.3, 0.4) is 0 Å². The van der Waals surface area contributed by atoms with Gasteiger partial charge in [-0.25, -0.2) is 0 Å². The first-order chi connectivity index (χ1) is 12.7. The molecule has 0 aromatic heterocycles. The summed E-state index contributed by atoms with van der Waals surface area (Å²) in [5.41, 5.74) is 12.2. The zero-order valence-electron chi connectivity index (χ0n) is 17.3. The molecule has 4 N–H and O–H groups in total. The summed E-state index contributed by atoms with van der Waals surface area (Å²) in [4.78, 5) is 9.44. The predicted molar refractivity (Wildman–Crippen MR) is 121 cm³/mol. The van der Waals surface area contributed by atoms with Crippen LogP contribution in [-0.4, -0.2) is 23.8 Å². The maximum Gasteiger partial charge on any atom is 0.0940 e. The molecule has 0 saturated heterocycles. The van der Waals surface area contributed by atoms with Crippen LogP contribution in [0.25, 0.3) is 0 Å². The van der Waals surface area contributed by atoms with Crippen molar-refractivity contribution < 1.29 is 0 Å². The maximum atomic E-state index is 6.10. The van der Waals surface area contributed by atoms with Gasteiger partial charge in [0, 0.05) is 12.8 Å². The van der Waals surface area contributed by atoms with E-state index in [0.29, 0.717) is 12.1 Å². The third kappa shape index (κ3) is 11.6. The molecular formula is C22H43ClN4. The standard InChI is InChI=1S/C22H42N4.ClH/c23-21(25-19-13-7-5-8-14-19)17-11-3-1-2-4-12-18-22(24)26-20-15-9-6-10-16-20;/h19-20H,1-18H2,(H2,23,25)(H2,24,26);1H. The molecule has 0 aliphatic heterocycles. The second-order valence-corrected chi connectivity index (χ2v) is 8.45. The lowest BCUT2D eigenvalue weighted by Gasteiger charge is -2.18. The Bertz CT molecular complexity index is 384. The van der Waals surface area contributed by atoms with E-state index in [1.54, 1.807) is 0 Å². The van der Waals surface area contributed by atoms with Crippen molar-refractivity contribution in [2.24, 2.45) is 21.5 Å². The number of nitrogens with zero attached hydrogens (tertiary/aromatic N) is 2. The number of hydrogen-bond donors (Lipinski definition) is 2. The lowest BCUT2D eigenvalue weighted by atomic mass is 9.96. The lowest BCUT2D eigenvalue weighted by molar-refractivity contribution is 0.442. The largest absolute Gasteiger partial charge is 0.387 e. The van der Waals surface area contributed by atoms with Crippen molar-refractivity contribution in [3.8, 4) is 0 Å². The summed E-state index contributed by atoms with van der Waals surface area (Å²) in [7, 11) is 0. The van der Waals surface area contributed by atoms with E-state index in [4.69, 9.17) is 21.5 Å². The zero-order valence-corrected chi connectivity index (χ0v) is 18.2. The Labute approximate surface area is 173 Å². The van der Waals surface area contributed by atoms with Crippen molar-refractivity contribution in [1.29, 1.82) is 0 Å². The summed E-state index contributed by atoms with van der Waals surface area (Å²) in [5, 5.41) is 0. The van der Waals surface area contributed by atoms with E-state index in [2.05, 4.69) is 0 Å². The molecule has 0 spiro atoms. The zero-order chi connectivity index (χ0) is 18.5. The molecule has 0 radical (unpaired) electrons. The van der Waals surface area contributed by atoms with E-state index in [9.17, 15) is 0 Å². The molecule has 0 atom stereocenters. The lowest BCUT2D eigenvalue weighted by Crippen LogP contribution is -2.18. The molecular weight excluding hydrogens is 356 g/mol. The van der Waals surface area contributed by atoms with Crippen molar-refractivity contribution in [3.05, 3.63) is 0 Å². The molecule has 27 heavy (non-hydrogen) atoms. The Balaban J connectivity index is 0.00000364. The molecule has 2 aliphatic rings. The van der Waals surface area contributed by atoms with Gasteiger partial charge in [-0.15, -0.1) is 12.4 Å². The Kier molecular flexibility index (Phi) is 13.7. The molecule has 0 aromatic rings. The summed E-state index contributed by atoms with van der Waals surface area (Å²) in [6.07, 6.45) is 22.5. The molecule has 2 fully saturated rings. The topological polar surface area (TPSA) is 76.8 Å². The smallest absolute Gasteiger partial charge is 0.0940 e. The van der Waals surface area contributed by atoms with Gasteiger partial charge in [-0.3, -0.25) is 9.98 Å². The van der Waals surface area contributed by atoms with Crippen molar-refractivity contribution >= 4 is 24.1 Å². The van der Waals surface area contributed by atoms with E-state index in [1.807, 2.05) is 0 Å². The minimum absolute atomic E-state index is 0. The molecule has 2 saturated carbocycles. The number of nitrogens with two attached hydrogens (primary N) is 2. The molecule has 0 heterocycles. The summed E-state index contributed by atoms with van der Waals surface area (Å²) in [5.74, 6) is 1.78. The van der Waals surface area contributed by atoms with Crippen LogP contribution < -0.4 is 11.5 Å². The average Bonchev–Trinajstić information content (AvgIpc) is 2.65. The Morgan fingerprint density at radius 2 is 0.889 bits per heavy atom. The van der Waals surface area contributed by atoms with Crippen LogP contribution in [0.5, 0.6) is 0 Å². The van der Waals surface area contributed by atoms with Crippen LogP contribution in [-0.2, 0) is 0 Å². The SMILES string of the molecule is Cl.NC(CCCCCCCCC(N)=NC1CCCCC1)=NC1CCCCC1. The summed E-state index contributed by atoms with van der Waals surface area (Å²) >= 11 is 0. The number of aliphatic imine (C=N–C) groups is 2. The van der Waals surface area contributed by atoms with Gasteiger partial charge in [-0.05, 0) is 38.5 Å². The van der Waals surface area contributed by atoms with E-state index >= 15 is 0 Å². The summed E-state index contributed by atoms with van der Waals surface area (Å²) in [6, 6.07) is 1.04. The number of hydrogen-bond acceptors (Lipinski definition) is 2. The molecule has 2 rings (SSSR count). The predicted octanol–water partition coefficient (Wildman–Crippen LogP) is 5.91. The van der Waals surface area contributed by atoms with Crippen LogP contribution in [0.2, 0.25) is 0 Å². The van der Waals surface area contributed by atoms with Gasteiger partial charge in [0.1, 0.15) is 0 Å². The first-order valence-electron chi connectivity index (χ1n) is 11.4. The highest BCUT2D eigenvalue weighted by atomic mass is 35.5. The molecule has 0 aromatic carbocycles. The van der Waals surface area contributed by atoms with Crippen molar-refractivity contribution in [3.63, 3.8) is 0 Å². The first kappa shape index (κ1) is 24.3. The Morgan fingerprint density at radius 1 is 0.556 bits per heavy atom. The van der Waals surface area contributed by atoms with Gasteiger partial charge in [-0.1, -0.05) is 64.2 Å². The summed E-state index contributed by atoms with van der Waals surface area (Å²) < 4.78 is 0. The van der Waals surface area contributed by atoms with Gasteiger partial charge in [0.05, 0.1) is 23.8 Å². The minimum Gasteiger partial charge on any atom is -0.387 e. The number of unbranched alkanes of at least 4 members (excludes halogenated alkanes) is 5. The molecule has 5 heteroatoms. The summed E-state index contributed by atoms with van der Waals surface area (Å²) in [6.45, 7) is 0. The number of amidine groups is 2. The second-order valence-electron chi connectivity index (χ2n) is 8.45. The van der Waals surface area contributed by atoms with Crippen LogP contribution in [0.4, 0.5) is 0 Å². The van der Waals surface area contributed by atoms with E-state index < -0.39 is 0 Å². The molecule has 158 valence electrons. The first-order valence-corrected chi connectivity index (χ1v) is 11.4. The quantitative estimate of drug-likeness (QED) is 0.258. The highest BCUT2D eigenvalue weighted by molar-refractivity contribution is 5.85. The average molecular weight is 399 g/mol. The molecule has 0 amide bonds. The fourth-order valence-corrected chi connectivity index (χ4v) is 4.34. The molecule has 2 aliphatic carbocycles. The second kappa shape index (κ2) is 15.2. The van der Waals surface area contributed by atoms with Gasteiger partial charge in [0.25, 0.3) is 0 Å². The van der Waals surface area contributed by atoms with Crippen LogP contribution >= 0.6 is 12.4 Å². The van der Waals surface area contributed by atoms with Gasteiger partial charge in [-0.2, -0.15) is 0 Å². The van der Waals surface area contributed by atoms with Gasteiger partial charge >= 0.3 is 0 Å². The minimum atomic E-state index is 0.